The molecule has 0 aromatic rings. The third kappa shape index (κ3) is 5.91. The lowest BCUT2D eigenvalue weighted by Crippen LogP contribution is -2.58. The van der Waals surface area contributed by atoms with E-state index < -0.39 is 23.2 Å². The normalized spacial score (nSPS) is 13.7. The Kier molecular flexibility index (Phi) is 7.04. The van der Waals surface area contributed by atoms with Gasteiger partial charge in [0.2, 0.25) is 0 Å². The lowest BCUT2D eigenvalue weighted by molar-refractivity contribution is -0.149. The number of amides is 1. The minimum absolute atomic E-state index is 0.236. The van der Waals surface area contributed by atoms with E-state index in [1.165, 1.54) is 6.08 Å². The van der Waals surface area contributed by atoms with Crippen LogP contribution >= 0.6 is 0 Å². The standard InChI is InChI=1S/C14H24N2O4/c1-7-10-14(8-2,11(17)19-9-3)16-15-12(18)20-13(4,5)6/h10,16H,1,8-9H2,2-6H3,(H,15,18). The van der Waals surface area contributed by atoms with Gasteiger partial charge in [0, 0.05) is 0 Å². The van der Waals surface area contributed by atoms with E-state index in [0.29, 0.717) is 6.42 Å². The minimum Gasteiger partial charge on any atom is -0.464 e. The summed E-state index contributed by atoms with van der Waals surface area (Å²) in [5.41, 5.74) is 5.68. The number of hydrogen-bond donors (Lipinski definition) is 2. The van der Waals surface area contributed by atoms with E-state index in [-0.39, 0.29) is 6.61 Å². The SMILES string of the molecule is C=C=CC(CC)(NNC(=O)OC(C)(C)C)C(=O)OCC. The highest BCUT2D eigenvalue weighted by atomic mass is 16.6. The summed E-state index contributed by atoms with van der Waals surface area (Å²) in [5, 5.41) is 0. The van der Waals surface area contributed by atoms with E-state index in [0.717, 1.165) is 0 Å². The predicted octanol–water partition coefficient (Wildman–Crippen LogP) is 2.07. The number of nitrogens with one attached hydrogen (secondary N) is 2. The van der Waals surface area contributed by atoms with Crippen molar-refractivity contribution in [3.05, 3.63) is 18.4 Å². The molecule has 1 amide bonds. The number of hydrazine groups is 1. The van der Waals surface area contributed by atoms with Crippen LogP contribution < -0.4 is 10.9 Å². The average Bonchev–Trinajstić information content (AvgIpc) is 2.32. The Morgan fingerprint density at radius 1 is 1.30 bits per heavy atom. The van der Waals surface area contributed by atoms with Gasteiger partial charge in [-0.1, -0.05) is 13.5 Å². The van der Waals surface area contributed by atoms with E-state index in [2.05, 4.69) is 23.2 Å². The highest BCUT2D eigenvalue weighted by Gasteiger charge is 2.36. The van der Waals surface area contributed by atoms with Crippen molar-refractivity contribution in [2.45, 2.75) is 52.2 Å². The molecule has 20 heavy (non-hydrogen) atoms. The summed E-state index contributed by atoms with van der Waals surface area (Å²) in [6.07, 6.45) is 1.09. The van der Waals surface area contributed by atoms with E-state index in [1.807, 2.05) is 0 Å². The summed E-state index contributed by atoms with van der Waals surface area (Å²) in [5.74, 6) is -0.519. The Morgan fingerprint density at radius 2 is 1.90 bits per heavy atom. The topological polar surface area (TPSA) is 76.7 Å². The third-order valence-corrected chi connectivity index (χ3v) is 2.33. The molecule has 114 valence electrons. The first-order valence-corrected chi connectivity index (χ1v) is 6.51. The molecule has 0 aromatic heterocycles. The lowest BCUT2D eigenvalue weighted by Gasteiger charge is -2.28. The molecular weight excluding hydrogens is 260 g/mol. The van der Waals surface area contributed by atoms with Crippen molar-refractivity contribution in [3.8, 4) is 0 Å². The van der Waals surface area contributed by atoms with Gasteiger partial charge in [0.15, 0.2) is 5.54 Å². The Bertz CT molecular complexity index is 394. The molecule has 0 spiro atoms. The molecule has 0 aliphatic carbocycles. The number of esters is 1. The summed E-state index contributed by atoms with van der Waals surface area (Å²) in [6.45, 7) is 12.4. The maximum Gasteiger partial charge on any atom is 0.422 e. The fourth-order valence-corrected chi connectivity index (χ4v) is 1.38. The number of carbonyl (C=O) groups excluding carboxylic acids is 2. The second-order valence-electron chi connectivity index (χ2n) is 5.15. The van der Waals surface area contributed by atoms with Crippen molar-refractivity contribution >= 4 is 12.1 Å². The molecule has 0 bridgehead atoms. The summed E-state index contributed by atoms with van der Waals surface area (Å²) in [7, 11) is 0. The average molecular weight is 284 g/mol. The van der Waals surface area contributed by atoms with Crippen LogP contribution in [-0.2, 0) is 14.3 Å². The van der Waals surface area contributed by atoms with Crippen molar-refractivity contribution in [2.24, 2.45) is 0 Å². The molecule has 0 aliphatic rings. The van der Waals surface area contributed by atoms with Gasteiger partial charge in [0.1, 0.15) is 5.60 Å². The quantitative estimate of drug-likeness (QED) is 0.443. The third-order valence-electron chi connectivity index (χ3n) is 2.33. The number of rotatable bonds is 6. The van der Waals surface area contributed by atoms with Gasteiger partial charge >= 0.3 is 12.1 Å². The van der Waals surface area contributed by atoms with Gasteiger partial charge < -0.3 is 9.47 Å². The van der Waals surface area contributed by atoms with E-state index >= 15 is 0 Å². The molecule has 1 atom stereocenters. The van der Waals surface area contributed by atoms with Crippen LogP contribution in [0.2, 0.25) is 0 Å². The van der Waals surface area contributed by atoms with Crippen LogP contribution in [0.3, 0.4) is 0 Å². The Balaban J connectivity index is 4.87. The molecule has 0 heterocycles. The zero-order valence-electron chi connectivity index (χ0n) is 12.8. The van der Waals surface area contributed by atoms with E-state index in [1.54, 1.807) is 34.6 Å². The van der Waals surface area contributed by atoms with E-state index in [4.69, 9.17) is 9.47 Å². The van der Waals surface area contributed by atoms with Crippen LogP contribution in [0.4, 0.5) is 4.79 Å². The Morgan fingerprint density at radius 3 is 2.30 bits per heavy atom. The highest BCUT2D eigenvalue weighted by Crippen LogP contribution is 2.14. The molecule has 0 saturated carbocycles. The minimum atomic E-state index is -1.21. The molecule has 6 heteroatoms. The van der Waals surface area contributed by atoms with E-state index in [9.17, 15) is 9.59 Å². The maximum atomic E-state index is 12.0. The van der Waals surface area contributed by atoms with Crippen LogP contribution in [0, 0.1) is 0 Å². The Hall–Kier alpha value is -1.78. The molecule has 0 aliphatic heterocycles. The van der Waals surface area contributed by atoms with Crippen molar-refractivity contribution in [3.63, 3.8) is 0 Å². The largest absolute Gasteiger partial charge is 0.464 e. The van der Waals surface area contributed by atoms with Gasteiger partial charge in [-0.25, -0.2) is 15.0 Å². The summed E-state index contributed by atoms with van der Waals surface area (Å²) in [4.78, 5) is 23.6. The number of hydrogen-bond acceptors (Lipinski definition) is 5. The van der Waals surface area contributed by atoms with Gasteiger partial charge in [0.25, 0.3) is 0 Å². The van der Waals surface area contributed by atoms with Crippen molar-refractivity contribution in [1.29, 1.82) is 0 Å². The van der Waals surface area contributed by atoms with Crippen molar-refractivity contribution < 1.29 is 19.1 Å². The van der Waals surface area contributed by atoms with Gasteiger partial charge in [-0.2, -0.15) is 0 Å². The fourth-order valence-electron chi connectivity index (χ4n) is 1.38. The van der Waals surface area contributed by atoms with Crippen LogP contribution in [0.5, 0.6) is 0 Å². The summed E-state index contributed by atoms with van der Waals surface area (Å²) >= 11 is 0. The molecular formula is C14H24N2O4. The summed E-state index contributed by atoms with van der Waals surface area (Å²) < 4.78 is 10.1. The first-order valence-electron chi connectivity index (χ1n) is 6.51. The molecule has 2 N–H and O–H groups in total. The second-order valence-corrected chi connectivity index (χ2v) is 5.15. The van der Waals surface area contributed by atoms with Gasteiger partial charge in [-0.05, 0) is 40.2 Å². The van der Waals surface area contributed by atoms with Gasteiger partial charge in [-0.3, -0.25) is 5.43 Å². The first kappa shape index (κ1) is 18.2. The smallest absolute Gasteiger partial charge is 0.422 e. The van der Waals surface area contributed by atoms with Crippen LogP contribution in [-0.4, -0.2) is 29.8 Å². The van der Waals surface area contributed by atoms with Crippen molar-refractivity contribution in [2.75, 3.05) is 6.61 Å². The summed E-state index contributed by atoms with van der Waals surface area (Å²) in [6, 6.07) is 0. The molecule has 0 rings (SSSR count). The highest BCUT2D eigenvalue weighted by molar-refractivity contribution is 5.83. The molecule has 0 saturated heterocycles. The predicted molar refractivity (Wildman–Crippen MR) is 75.9 cm³/mol. The number of carbonyl (C=O) groups is 2. The zero-order chi connectivity index (χ0) is 15.8. The van der Waals surface area contributed by atoms with Crippen LogP contribution in [0.25, 0.3) is 0 Å². The van der Waals surface area contributed by atoms with Gasteiger partial charge in [-0.15, -0.1) is 5.73 Å². The molecule has 6 nitrogen and oxygen atoms in total. The first-order chi connectivity index (χ1) is 9.20. The second kappa shape index (κ2) is 7.72. The molecule has 0 fully saturated rings. The zero-order valence-corrected chi connectivity index (χ0v) is 12.8. The van der Waals surface area contributed by atoms with Crippen LogP contribution in [0.1, 0.15) is 41.0 Å². The maximum absolute atomic E-state index is 12.0. The molecule has 1 unspecified atom stereocenters. The fraction of sp³-hybridized carbons (Fsp3) is 0.643. The van der Waals surface area contributed by atoms with Gasteiger partial charge in [0.05, 0.1) is 6.61 Å². The number of ether oxygens (including phenoxy) is 2. The molecule has 0 radical (unpaired) electrons. The Labute approximate surface area is 120 Å². The lowest BCUT2D eigenvalue weighted by atomic mass is 9.97. The monoisotopic (exact) mass is 284 g/mol. The molecule has 0 aromatic carbocycles. The van der Waals surface area contributed by atoms with Crippen LogP contribution in [0.15, 0.2) is 18.4 Å². The van der Waals surface area contributed by atoms with Crippen molar-refractivity contribution in [1.82, 2.24) is 10.9 Å².